The fourth-order valence-electron chi connectivity index (χ4n) is 8.00. The SMILES string of the molecule is COc1cc(C(=O)NCCCOc2cccc(C(O)(C(=O)OCC3CCN(Cc4ccccc4)CC3)c3ccccc3)c2)c(F)cc1CNCC(O)c1ccc(O)c2[nH]c(=O)ccc12. The number of aliphatic hydroxyl groups excluding tert-OH is 1. The average molecular weight is 873 g/mol. The molecule has 0 saturated carbocycles. The number of hydrogen-bond donors (Lipinski definition) is 6. The van der Waals surface area contributed by atoms with Gasteiger partial charge in [0.15, 0.2) is 0 Å². The maximum Gasteiger partial charge on any atom is 0.347 e. The molecule has 0 aliphatic carbocycles. The number of pyridine rings is 1. The summed E-state index contributed by atoms with van der Waals surface area (Å²) in [5, 5.41) is 39.5. The van der Waals surface area contributed by atoms with Gasteiger partial charge >= 0.3 is 5.97 Å². The number of halogens is 1. The highest BCUT2D eigenvalue weighted by molar-refractivity contribution is 5.95. The molecule has 7 rings (SSSR count). The number of aromatic hydroxyl groups is 1. The molecule has 1 aromatic heterocycles. The summed E-state index contributed by atoms with van der Waals surface area (Å²) in [6.45, 7) is 3.34. The van der Waals surface area contributed by atoms with Crippen molar-refractivity contribution in [1.82, 2.24) is 20.5 Å². The second-order valence-electron chi connectivity index (χ2n) is 15.9. The number of methoxy groups -OCH3 is 1. The minimum absolute atomic E-state index is 0.0504. The number of aliphatic hydroxyl groups is 2. The molecule has 6 N–H and O–H groups in total. The van der Waals surface area contributed by atoms with Gasteiger partial charge in [-0.1, -0.05) is 78.9 Å². The molecule has 2 atom stereocenters. The lowest BCUT2D eigenvalue weighted by molar-refractivity contribution is -0.164. The normalized spacial score (nSPS) is 14.7. The van der Waals surface area contributed by atoms with Crippen molar-refractivity contribution in [2.45, 2.75) is 44.1 Å². The number of piperidine rings is 1. The number of fused-ring (bicyclic) bond motifs is 1. The van der Waals surface area contributed by atoms with Crippen LogP contribution in [0.4, 0.5) is 4.39 Å². The van der Waals surface area contributed by atoms with Gasteiger partial charge in [-0.2, -0.15) is 0 Å². The zero-order valence-corrected chi connectivity index (χ0v) is 35.6. The lowest BCUT2D eigenvalue weighted by atomic mass is 9.86. The fraction of sp³-hybridized carbons (Fsp3) is 0.300. The number of nitrogens with one attached hydrogen (secondary N) is 3. The summed E-state index contributed by atoms with van der Waals surface area (Å²) in [5.41, 5.74) is 0.338. The Morgan fingerprint density at radius 1 is 0.922 bits per heavy atom. The molecule has 64 heavy (non-hydrogen) atoms. The second-order valence-corrected chi connectivity index (χ2v) is 15.9. The third-order valence-electron chi connectivity index (χ3n) is 11.6. The van der Waals surface area contributed by atoms with E-state index in [1.54, 1.807) is 60.7 Å². The smallest absolute Gasteiger partial charge is 0.347 e. The molecule has 334 valence electrons. The van der Waals surface area contributed by atoms with Crippen LogP contribution in [0.3, 0.4) is 0 Å². The zero-order chi connectivity index (χ0) is 45.1. The van der Waals surface area contributed by atoms with E-state index in [9.17, 15) is 29.7 Å². The number of rotatable bonds is 19. The van der Waals surface area contributed by atoms with Crippen molar-refractivity contribution < 1.29 is 43.5 Å². The van der Waals surface area contributed by atoms with Gasteiger partial charge in [-0.3, -0.25) is 14.5 Å². The first-order valence-electron chi connectivity index (χ1n) is 21.4. The quantitative estimate of drug-likeness (QED) is 0.0409. The molecule has 13 nitrogen and oxygen atoms in total. The number of esters is 1. The number of phenols is 1. The maximum absolute atomic E-state index is 15.3. The predicted octanol–water partition coefficient (Wildman–Crippen LogP) is 6.09. The van der Waals surface area contributed by atoms with E-state index in [-0.39, 0.29) is 72.5 Å². The van der Waals surface area contributed by atoms with Gasteiger partial charge in [-0.15, -0.1) is 0 Å². The molecule has 1 amide bonds. The number of amides is 1. The van der Waals surface area contributed by atoms with Crippen molar-refractivity contribution in [3.8, 4) is 17.2 Å². The highest BCUT2D eigenvalue weighted by Gasteiger charge is 2.42. The summed E-state index contributed by atoms with van der Waals surface area (Å²) in [4.78, 5) is 43.6. The van der Waals surface area contributed by atoms with Crippen molar-refractivity contribution in [3.63, 3.8) is 0 Å². The highest BCUT2D eigenvalue weighted by Crippen LogP contribution is 2.34. The summed E-state index contributed by atoms with van der Waals surface area (Å²) in [5.74, 6) is -1.45. The minimum atomic E-state index is -2.09. The largest absolute Gasteiger partial charge is 0.506 e. The topological polar surface area (TPSA) is 183 Å². The molecule has 0 spiro atoms. The van der Waals surface area contributed by atoms with Crippen LogP contribution in [0.2, 0.25) is 0 Å². The van der Waals surface area contributed by atoms with Gasteiger partial charge < -0.3 is 45.1 Å². The third kappa shape index (κ3) is 11.0. The van der Waals surface area contributed by atoms with Gasteiger partial charge in [0.1, 0.15) is 23.1 Å². The number of aromatic nitrogens is 1. The summed E-state index contributed by atoms with van der Waals surface area (Å²) < 4.78 is 32.6. The van der Waals surface area contributed by atoms with Crippen molar-refractivity contribution in [2.75, 3.05) is 46.5 Å². The van der Waals surface area contributed by atoms with E-state index in [0.29, 0.717) is 34.2 Å². The van der Waals surface area contributed by atoms with Crippen LogP contribution < -0.4 is 25.7 Å². The first kappa shape index (κ1) is 45.4. The van der Waals surface area contributed by atoms with E-state index >= 15 is 4.39 Å². The van der Waals surface area contributed by atoms with E-state index in [4.69, 9.17) is 14.2 Å². The molecule has 0 radical (unpaired) electrons. The Morgan fingerprint density at radius 3 is 2.41 bits per heavy atom. The first-order chi connectivity index (χ1) is 31.0. The van der Waals surface area contributed by atoms with Gasteiger partial charge in [0.2, 0.25) is 11.2 Å². The summed E-state index contributed by atoms with van der Waals surface area (Å²) in [7, 11) is 1.41. The van der Waals surface area contributed by atoms with E-state index in [1.807, 2.05) is 18.2 Å². The van der Waals surface area contributed by atoms with E-state index in [0.717, 1.165) is 32.5 Å². The lowest BCUT2D eigenvalue weighted by Crippen LogP contribution is -2.40. The lowest BCUT2D eigenvalue weighted by Gasteiger charge is -2.33. The van der Waals surface area contributed by atoms with Crippen molar-refractivity contribution in [3.05, 3.63) is 171 Å². The van der Waals surface area contributed by atoms with E-state index in [2.05, 4.69) is 32.7 Å². The van der Waals surface area contributed by atoms with Gasteiger partial charge in [0.25, 0.3) is 5.91 Å². The molecular formula is C50H53FN4O9. The van der Waals surface area contributed by atoms with Crippen LogP contribution in [0.1, 0.15) is 63.5 Å². The Bertz CT molecular complexity index is 2580. The Labute approximate surface area is 370 Å². The van der Waals surface area contributed by atoms with Crippen LogP contribution in [0, 0.1) is 11.7 Å². The predicted molar refractivity (Wildman–Crippen MR) is 240 cm³/mol. The second kappa shape index (κ2) is 21.2. The van der Waals surface area contributed by atoms with Gasteiger partial charge in [0, 0.05) is 48.8 Å². The summed E-state index contributed by atoms with van der Waals surface area (Å²) >= 11 is 0. The Hall–Kier alpha value is -6.58. The summed E-state index contributed by atoms with van der Waals surface area (Å²) in [6.07, 6.45) is 1.09. The zero-order valence-electron chi connectivity index (χ0n) is 35.6. The number of likely N-dealkylation sites (tertiary alicyclic amines) is 1. The average Bonchev–Trinajstić information content (AvgIpc) is 3.31. The third-order valence-corrected chi connectivity index (χ3v) is 11.6. The van der Waals surface area contributed by atoms with E-state index < -0.39 is 29.4 Å². The van der Waals surface area contributed by atoms with Crippen LogP contribution in [0.25, 0.3) is 10.9 Å². The molecule has 1 saturated heterocycles. The number of carbonyl (C=O) groups excluding carboxylic acids is 2. The molecule has 1 fully saturated rings. The molecule has 6 aromatic rings. The molecule has 2 heterocycles. The van der Waals surface area contributed by atoms with Crippen LogP contribution in [0.5, 0.6) is 17.2 Å². The number of hydrogen-bond acceptors (Lipinski definition) is 11. The molecule has 2 unspecified atom stereocenters. The molecular weight excluding hydrogens is 820 g/mol. The Balaban J connectivity index is 0.895. The fourth-order valence-corrected chi connectivity index (χ4v) is 8.00. The molecule has 1 aliphatic heterocycles. The summed E-state index contributed by atoms with van der Waals surface area (Å²) in [6, 6.07) is 34.0. The van der Waals surface area contributed by atoms with E-state index in [1.165, 1.54) is 43.0 Å². The number of phenolic OH excluding ortho intramolecular Hbond substituents is 1. The monoisotopic (exact) mass is 872 g/mol. The number of benzene rings is 5. The number of carbonyl (C=O) groups is 2. The van der Waals surface area contributed by atoms with Crippen molar-refractivity contribution in [2.24, 2.45) is 5.92 Å². The first-order valence-corrected chi connectivity index (χ1v) is 21.4. The van der Waals surface area contributed by atoms with Gasteiger partial charge in [-0.25, -0.2) is 9.18 Å². The number of aromatic amines is 1. The van der Waals surface area contributed by atoms with Crippen LogP contribution in [-0.2, 0) is 28.2 Å². The number of H-pyrrole nitrogens is 1. The van der Waals surface area contributed by atoms with Crippen LogP contribution in [0.15, 0.2) is 126 Å². The van der Waals surface area contributed by atoms with Gasteiger partial charge in [0.05, 0.1) is 37.5 Å². The highest BCUT2D eigenvalue weighted by atomic mass is 19.1. The minimum Gasteiger partial charge on any atom is -0.506 e. The maximum atomic E-state index is 15.3. The molecule has 0 bridgehead atoms. The Kier molecular flexibility index (Phi) is 15.0. The molecule has 5 aromatic carbocycles. The Morgan fingerprint density at radius 2 is 1.66 bits per heavy atom. The number of nitrogens with zero attached hydrogens (tertiary/aromatic N) is 1. The van der Waals surface area contributed by atoms with Crippen LogP contribution in [-0.4, -0.2) is 83.6 Å². The van der Waals surface area contributed by atoms with Crippen molar-refractivity contribution in [1.29, 1.82) is 0 Å². The van der Waals surface area contributed by atoms with Crippen molar-refractivity contribution >= 4 is 22.8 Å². The number of ether oxygens (including phenoxy) is 3. The molecule has 1 aliphatic rings. The van der Waals surface area contributed by atoms with Crippen LogP contribution >= 0.6 is 0 Å². The molecule has 14 heteroatoms. The standard InChI is InChI=1S/C50H53FN4O9/c1-62-45-28-41(42(51)26-35(45)29-52-30-44(57)39-16-18-43(56)47-40(39)17-19-46(58)54-47)48(59)53-22-9-25-63-38-15-8-14-37(27-38)50(61,36-12-6-3-7-13-36)49(60)64-32-34-20-23-55(24-21-34)31-33-10-4-2-5-11-33/h2-8,10-19,26-28,34,44,52,56-57,61H,9,20-25,29-32H2,1H3,(H,53,59)(H,54,58). The van der Waals surface area contributed by atoms with Gasteiger partial charge in [-0.05, 0) is 91.4 Å².